The van der Waals surface area contributed by atoms with E-state index in [9.17, 15) is 9.59 Å². The number of amides is 2. The lowest BCUT2D eigenvalue weighted by molar-refractivity contribution is -0.119. The molecule has 1 aromatic carbocycles. The molecule has 1 aromatic heterocycles. The second kappa shape index (κ2) is 6.06. The maximum Gasteiger partial charge on any atom is 0.291 e. The van der Waals surface area contributed by atoms with E-state index in [0.717, 1.165) is 11.1 Å². The van der Waals surface area contributed by atoms with E-state index in [2.05, 4.69) is 10.6 Å². The summed E-state index contributed by atoms with van der Waals surface area (Å²) in [6, 6.07) is 8.87. The number of hydrogen-bond donors (Lipinski definition) is 2. The van der Waals surface area contributed by atoms with Gasteiger partial charge in [0.1, 0.15) is 0 Å². The van der Waals surface area contributed by atoms with Gasteiger partial charge in [-0.15, -0.1) is 0 Å². The largest absolute Gasteiger partial charge is 0.459 e. The number of anilines is 1. The Morgan fingerprint density at radius 1 is 1.15 bits per heavy atom. The quantitative estimate of drug-likeness (QED) is 0.895. The average Bonchev–Trinajstić information content (AvgIpc) is 2.87. The van der Waals surface area contributed by atoms with Crippen molar-refractivity contribution in [3.05, 3.63) is 53.5 Å². The van der Waals surface area contributed by atoms with Crippen molar-refractivity contribution in [2.45, 2.75) is 13.3 Å². The fourth-order valence-electron chi connectivity index (χ4n) is 1.77. The lowest BCUT2D eigenvalue weighted by Crippen LogP contribution is -2.19. The highest BCUT2D eigenvalue weighted by Crippen LogP contribution is 2.14. The number of furan rings is 1. The zero-order valence-corrected chi connectivity index (χ0v) is 11.4. The van der Waals surface area contributed by atoms with E-state index in [4.69, 9.17) is 4.42 Å². The van der Waals surface area contributed by atoms with Crippen LogP contribution in [0.4, 0.5) is 5.69 Å². The first-order valence-corrected chi connectivity index (χ1v) is 6.25. The molecule has 20 heavy (non-hydrogen) atoms. The molecule has 0 saturated heterocycles. The number of likely N-dealkylation sites (N-methyl/N-ethyl adjacent to an activating group) is 1. The first kappa shape index (κ1) is 13.9. The van der Waals surface area contributed by atoms with Crippen molar-refractivity contribution in [2.24, 2.45) is 0 Å². The topological polar surface area (TPSA) is 71.3 Å². The molecule has 0 spiro atoms. The average molecular weight is 272 g/mol. The molecular formula is C15H16N2O3. The van der Waals surface area contributed by atoms with Gasteiger partial charge in [-0.25, -0.2) is 0 Å². The van der Waals surface area contributed by atoms with Crippen LogP contribution in [0.15, 0.2) is 41.0 Å². The predicted molar refractivity (Wildman–Crippen MR) is 75.6 cm³/mol. The summed E-state index contributed by atoms with van der Waals surface area (Å²) < 4.78 is 5.12. The molecule has 2 rings (SSSR count). The van der Waals surface area contributed by atoms with Gasteiger partial charge in [0.2, 0.25) is 5.91 Å². The van der Waals surface area contributed by atoms with E-state index < -0.39 is 0 Å². The number of aryl methyl sites for hydroxylation is 1. The Balaban J connectivity index is 2.02. The molecule has 0 unspecified atom stereocenters. The highest BCUT2D eigenvalue weighted by Gasteiger charge is 2.12. The second-order valence-corrected chi connectivity index (χ2v) is 4.43. The molecule has 2 N–H and O–H groups in total. The van der Waals surface area contributed by atoms with Crippen molar-refractivity contribution in [1.29, 1.82) is 0 Å². The van der Waals surface area contributed by atoms with E-state index >= 15 is 0 Å². The van der Waals surface area contributed by atoms with Gasteiger partial charge in [-0.2, -0.15) is 0 Å². The van der Waals surface area contributed by atoms with E-state index in [0.29, 0.717) is 17.9 Å². The van der Waals surface area contributed by atoms with Crippen molar-refractivity contribution in [1.82, 2.24) is 5.32 Å². The van der Waals surface area contributed by atoms with Gasteiger partial charge in [-0.1, -0.05) is 12.1 Å². The van der Waals surface area contributed by atoms with Crippen LogP contribution in [0.3, 0.4) is 0 Å². The number of rotatable bonds is 4. The maximum absolute atomic E-state index is 11.9. The number of carbonyl (C=O) groups is 2. The van der Waals surface area contributed by atoms with Crippen LogP contribution in [0.1, 0.15) is 21.7 Å². The third-order valence-electron chi connectivity index (χ3n) is 2.92. The highest BCUT2D eigenvalue weighted by molar-refractivity contribution is 6.03. The SMILES string of the molecule is CNC(=O)Cc1ccc(NC(=O)c2occc2C)cc1. The standard InChI is InChI=1S/C15H16N2O3/c1-10-7-8-20-14(10)15(19)17-12-5-3-11(4-6-12)9-13(18)16-2/h3-8H,9H2,1-2H3,(H,16,18)(H,17,19). The van der Waals surface area contributed by atoms with Crippen molar-refractivity contribution >= 4 is 17.5 Å². The fraction of sp³-hybridized carbons (Fsp3) is 0.200. The fourth-order valence-corrected chi connectivity index (χ4v) is 1.77. The number of benzene rings is 1. The molecule has 5 nitrogen and oxygen atoms in total. The van der Waals surface area contributed by atoms with Gasteiger partial charge >= 0.3 is 0 Å². The molecular weight excluding hydrogens is 256 g/mol. The summed E-state index contributed by atoms with van der Waals surface area (Å²) in [7, 11) is 1.60. The third-order valence-corrected chi connectivity index (χ3v) is 2.92. The minimum absolute atomic E-state index is 0.0482. The zero-order chi connectivity index (χ0) is 14.5. The van der Waals surface area contributed by atoms with Crippen LogP contribution in [-0.2, 0) is 11.2 Å². The van der Waals surface area contributed by atoms with Crippen LogP contribution >= 0.6 is 0 Å². The Hall–Kier alpha value is -2.56. The van der Waals surface area contributed by atoms with Crippen LogP contribution in [0, 0.1) is 6.92 Å². The van der Waals surface area contributed by atoms with Gasteiger partial charge in [0.05, 0.1) is 12.7 Å². The highest BCUT2D eigenvalue weighted by atomic mass is 16.3. The minimum atomic E-state index is -0.286. The summed E-state index contributed by atoms with van der Waals surface area (Å²) in [5, 5.41) is 5.31. The van der Waals surface area contributed by atoms with Crippen LogP contribution in [0.2, 0.25) is 0 Å². The van der Waals surface area contributed by atoms with Crippen molar-refractivity contribution in [3.8, 4) is 0 Å². The van der Waals surface area contributed by atoms with Gasteiger partial charge in [0.25, 0.3) is 5.91 Å². The number of carbonyl (C=O) groups excluding carboxylic acids is 2. The smallest absolute Gasteiger partial charge is 0.291 e. The van der Waals surface area contributed by atoms with Gasteiger partial charge in [0.15, 0.2) is 5.76 Å². The van der Waals surface area contributed by atoms with Gasteiger partial charge < -0.3 is 15.1 Å². The zero-order valence-electron chi connectivity index (χ0n) is 11.4. The number of hydrogen-bond acceptors (Lipinski definition) is 3. The summed E-state index contributed by atoms with van der Waals surface area (Å²) in [6.07, 6.45) is 1.80. The first-order valence-electron chi connectivity index (χ1n) is 6.25. The molecule has 104 valence electrons. The normalized spacial score (nSPS) is 10.1. The molecule has 0 aliphatic heterocycles. The summed E-state index contributed by atoms with van der Waals surface area (Å²) in [6.45, 7) is 1.81. The van der Waals surface area contributed by atoms with Crippen LogP contribution in [0.5, 0.6) is 0 Å². The Bertz CT molecular complexity index is 614. The summed E-state index contributed by atoms with van der Waals surface area (Å²) >= 11 is 0. The number of nitrogens with one attached hydrogen (secondary N) is 2. The molecule has 0 radical (unpaired) electrons. The van der Waals surface area contributed by atoms with Crippen molar-refractivity contribution in [2.75, 3.05) is 12.4 Å². The molecule has 0 bridgehead atoms. The second-order valence-electron chi connectivity index (χ2n) is 4.43. The van der Waals surface area contributed by atoms with Crippen LogP contribution < -0.4 is 10.6 Å². The third kappa shape index (κ3) is 3.26. The van der Waals surface area contributed by atoms with E-state index in [1.54, 1.807) is 37.4 Å². The molecule has 0 atom stereocenters. The molecule has 2 amide bonds. The summed E-state index contributed by atoms with van der Waals surface area (Å²) in [5.74, 6) is -0.0287. The first-order chi connectivity index (χ1) is 9.60. The Labute approximate surface area is 117 Å². The van der Waals surface area contributed by atoms with Crippen LogP contribution in [-0.4, -0.2) is 18.9 Å². The van der Waals surface area contributed by atoms with Crippen LogP contribution in [0.25, 0.3) is 0 Å². The van der Waals surface area contributed by atoms with Gasteiger partial charge in [0, 0.05) is 18.3 Å². The Morgan fingerprint density at radius 3 is 2.40 bits per heavy atom. The van der Waals surface area contributed by atoms with E-state index in [1.165, 1.54) is 6.26 Å². The van der Waals surface area contributed by atoms with Gasteiger partial charge in [-0.3, -0.25) is 9.59 Å². The maximum atomic E-state index is 11.9. The molecule has 5 heteroatoms. The Morgan fingerprint density at radius 2 is 1.85 bits per heavy atom. The van der Waals surface area contributed by atoms with Gasteiger partial charge in [-0.05, 0) is 30.7 Å². The molecule has 0 fully saturated rings. The minimum Gasteiger partial charge on any atom is -0.459 e. The monoisotopic (exact) mass is 272 g/mol. The lowest BCUT2D eigenvalue weighted by atomic mass is 10.1. The van der Waals surface area contributed by atoms with E-state index in [-0.39, 0.29) is 11.8 Å². The summed E-state index contributed by atoms with van der Waals surface area (Å²) in [5.41, 5.74) is 2.33. The Kier molecular flexibility index (Phi) is 4.20. The van der Waals surface area contributed by atoms with Crippen molar-refractivity contribution < 1.29 is 14.0 Å². The molecule has 0 saturated carbocycles. The predicted octanol–water partition coefficient (Wildman–Crippen LogP) is 2.13. The molecule has 0 aliphatic carbocycles. The molecule has 2 aromatic rings. The molecule has 0 aliphatic rings. The summed E-state index contributed by atoms with van der Waals surface area (Å²) in [4.78, 5) is 23.2. The van der Waals surface area contributed by atoms with E-state index in [1.807, 2.05) is 6.92 Å². The van der Waals surface area contributed by atoms with Crippen molar-refractivity contribution in [3.63, 3.8) is 0 Å². The molecule has 1 heterocycles. The lowest BCUT2D eigenvalue weighted by Gasteiger charge is -2.05.